The average Bonchev–Trinajstić information content (AvgIpc) is 2.74. The molecule has 0 aliphatic rings. The Balaban J connectivity index is 1.96. The van der Waals surface area contributed by atoms with Gasteiger partial charge in [-0.25, -0.2) is 0 Å². The van der Waals surface area contributed by atoms with E-state index in [1.165, 1.54) is 5.56 Å². The van der Waals surface area contributed by atoms with E-state index in [0.717, 1.165) is 24.5 Å². The van der Waals surface area contributed by atoms with Gasteiger partial charge in [0.2, 0.25) is 0 Å². The second kappa shape index (κ2) is 5.75. The predicted octanol–water partition coefficient (Wildman–Crippen LogP) is 0.906. The Morgan fingerprint density at radius 2 is 2.06 bits per heavy atom. The third kappa shape index (κ3) is 3.38. The van der Waals surface area contributed by atoms with Crippen molar-refractivity contribution in [3.05, 3.63) is 47.5 Å². The first-order valence-corrected chi connectivity index (χ1v) is 5.98. The fourth-order valence-corrected chi connectivity index (χ4v) is 1.93. The summed E-state index contributed by atoms with van der Waals surface area (Å²) in [6, 6.07) is 5.98. The van der Waals surface area contributed by atoms with E-state index < -0.39 is 0 Å². The Morgan fingerprint density at radius 3 is 2.72 bits per heavy atom. The quantitative estimate of drug-likeness (QED) is 0.850. The molecule has 0 aromatic carbocycles. The lowest BCUT2D eigenvalue weighted by molar-refractivity contribution is 0.314. The van der Waals surface area contributed by atoms with Gasteiger partial charge in [-0.2, -0.15) is 5.10 Å². The highest BCUT2D eigenvalue weighted by atomic mass is 15.2. The van der Waals surface area contributed by atoms with Crippen molar-refractivity contribution >= 4 is 0 Å². The van der Waals surface area contributed by atoms with Crippen molar-refractivity contribution in [1.29, 1.82) is 0 Å². The van der Waals surface area contributed by atoms with Crippen LogP contribution in [0, 0.1) is 0 Å². The smallest absolute Gasteiger partial charge is 0.0547 e. The SMILES string of the molecule is CN(Cc1cnn(C)c1)Cc1cccc(CN)n1. The zero-order valence-corrected chi connectivity index (χ0v) is 10.9. The molecule has 2 aromatic heterocycles. The van der Waals surface area contributed by atoms with Gasteiger partial charge in [0.1, 0.15) is 0 Å². The first-order valence-electron chi connectivity index (χ1n) is 5.98. The molecule has 0 amide bonds. The molecule has 0 unspecified atom stereocenters. The molecule has 0 aliphatic carbocycles. The number of aryl methyl sites for hydroxylation is 1. The van der Waals surface area contributed by atoms with Gasteiger partial charge in [-0.05, 0) is 19.2 Å². The lowest BCUT2D eigenvalue weighted by Crippen LogP contribution is -2.18. The molecule has 2 heterocycles. The van der Waals surface area contributed by atoms with E-state index in [9.17, 15) is 0 Å². The Hall–Kier alpha value is -1.72. The van der Waals surface area contributed by atoms with E-state index >= 15 is 0 Å². The minimum Gasteiger partial charge on any atom is -0.325 e. The van der Waals surface area contributed by atoms with E-state index in [2.05, 4.69) is 22.0 Å². The summed E-state index contributed by atoms with van der Waals surface area (Å²) in [5.74, 6) is 0. The van der Waals surface area contributed by atoms with Crippen molar-refractivity contribution in [2.24, 2.45) is 12.8 Å². The monoisotopic (exact) mass is 245 g/mol. The lowest BCUT2D eigenvalue weighted by atomic mass is 10.2. The summed E-state index contributed by atoms with van der Waals surface area (Å²) in [5, 5.41) is 4.16. The van der Waals surface area contributed by atoms with Crippen LogP contribution >= 0.6 is 0 Å². The lowest BCUT2D eigenvalue weighted by Gasteiger charge is -2.15. The van der Waals surface area contributed by atoms with Crippen LogP contribution in [0.25, 0.3) is 0 Å². The molecule has 0 saturated carbocycles. The van der Waals surface area contributed by atoms with Crippen molar-refractivity contribution in [1.82, 2.24) is 19.7 Å². The van der Waals surface area contributed by atoms with Crippen LogP contribution in [0.2, 0.25) is 0 Å². The standard InChI is InChI=1S/C13H19N5/c1-17(8-11-7-15-18(2)9-11)10-13-5-3-4-12(6-14)16-13/h3-5,7,9H,6,8,10,14H2,1-2H3. The summed E-state index contributed by atoms with van der Waals surface area (Å²) in [6.07, 6.45) is 3.92. The molecule has 0 aliphatic heterocycles. The van der Waals surface area contributed by atoms with Gasteiger partial charge in [-0.3, -0.25) is 14.6 Å². The molecule has 0 atom stereocenters. The van der Waals surface area contributed by atoms with Crippen molar-refractivity contribution in [3.63, 3.8) is 0 Å². The van der Waals surface area contributed by atoms with Crippen LogP contribution in [0.4, 0.5) is 0 Å². The third-order valence-electron chi connectivity index (χ3n) is 2.72. The molecule has 0 radical (unpaired) electrons. The van der Waals surface area contributed by atoms with Crippen LogP contribution in [-0.2, 0) is 26.7 Å². The van der Waals surface area contributed by atoms with E-state index in [0.29, 0.717) is 6.54 Å². The van der Waals surface area contributed by atoms with Crippen molar-refractivity contribution in [2.45, 2.75) is 19.6 Å². The van der Waals surface area contributed by atoms with E-state index in [1.54, 1.807) is 0 Å². The fraction of sp³-hybridized carbons (Fsp3) is 0.385. The number of nitrogens with two attached hydrogens (primary N) is 1. The Bertz CT molecular complexity index is 506. The molecule has 0 spiro atoms. The van der Waals surface area contributed by atoms with Crippen LogP contribution < -0.4 is 5.73 Å². The number of aromatic nitrogens is 3. The third-order valence-corrected chi connectivity index (χ3v) is 2.72. The largest absolute Gasteiger partial charge is 0.325 e. The highest BCUT2D eigenvalue weighted by Gasteiger charge is 2.04. The number of rotatable bonds is 5. The zero-order chi connectivity index (χ0) is 13.0. The second-order valence-corrected chi connectivity index (χ2v) is 4.52. The summed E-state index contributed by atoms with van der Waals surface area (Å²) < 4.78 is 1.82. The van der Waals surface area contributed by atoms with Crippen molar-refractivity contribution in [3.8, 4) is 0 Å². The molecule has 2 rings (SSSR count). The highest BCUT2D eigenvalue weighted by Crippen LogP contribution is 2.06. The minimum absolute atomic E-state index is 0.486. The van der Waals surface area contributed by atoms with Crippen LogP contribution in [0.5, 0.6) is 0 Å². The molecular weight excluding hydrogens is 226 g/mol. The maximum atomic E-state index is 5.59. The van der Waals surface area contributed by atoms with Gasteiger partial charge in [-0.1, -0.05) is 6.07 Å². The van der Waals surface area contributed by atoms with Crippen LogP contribution in [0.1, 0.15) is 17.0 Å². The summed E-state index contributed by atoms with van der Waals surface area (Å²) in [7, 11) is 4.00. The molecule has 2 aromatic rings. The van der Waals surface area contributed by atoms with Gasteiger partial charge in [0.25, 0.3) is 0 Å². The van der Waals surface area contributed by atoms with Crippen molar-refractivity contribution in [2.75, 3.05) is 7.05 Å². The number of nitrogens with zero attached hydrogens (tertiary/aromatic N) is 4. The Kier molecular flexibility index (Phi) is 4.07. The van der Waals surface area contributed by atoms with Crippen LogP contribution in [0.15, 0.2) is 30.6 Å². The van der Waals surface area contributed by atoms with Gasteiger partial charge in [0.15, 0.2) is 0 Å². The maximum Gasteiger partial charge on any atom is 0.0547 e. The van der Waals surface area contributed by atoms with Gasteiger partial charge >= 0.3 is 0 Å². The maximum absolute atomic E-state index is 5.59. The van der Waals surface area contributed by atoms with Gasteiger partial charge in [0.05, 0.1) is 17.6 Å². The van der Waals surface area contributed by atoms with Gasteiger partial charge in [-0.15, -0.1) is 0 Å². The minimum atomic E-state index is 0.486. The second-order valence-electron chi connectivity index (χ2n) is 4.52. The Labute approximate surface area is 107 Å². The van der Waals surface area contributed by atoms with Crippen LogP contribution in [0.3, 0.4) is 0 Å². The fourth-order valence-electron chi connectivity index (χ4n) is 1.93. The summed E-state index contributed by atoms with van der Waals surface area (Å²) >= 11 is 0. The molecule has 0 saturated heterocycles. The molecule has 96 valence electrons. The average molecular weight is 245 g/mol. The summed E-state index contributed by atoms with van der Waals surface area (Å²) in [4.78, 5) is 6.70. The first kappa shape index (κ1) is 12.7. The predicted molar refractivity (Wildman–Crippen MR) is 70.5 cm³/mol. The molecule has 5 heteroatoms. The number of hydrogen-bond donors (Lipinski definition) is 1. The molecule has 5 nitrogen and oxygen atoms in total. The Morgan fingerprint density at radius 1 is 1.28 bits per heavy atom. The first-order chi connectivity index (χ1) is 8.67. The van der Waals surface area contributed by atoms with Gasteiger partial charge in [0, 0.05) is 38.4 Å². The van der Waals surface area contributed by atoms with Crippen LogP contribution in [-0.4, -0.2) is 26.7 Å². The normalized spacial score (nSPS) is 11.1. The molecule has 0 bridgehead atoms. The summed E-state index contributed by atoms with van der Waals surface area (Å²) in [5.41, 5.74) is 8.77. The van der Waals surface area contributed by atoms with E-state index in [-0.39, 0.29) is 0 Å². The summed E-state index contributed by atoms with van der Waals surface area (Å²) in [6.45, 7) is 2.16. The number of pyridine rings is 1. The zero-order valence-electron chi connectivity index (χ0n) is 10.9. The molecule has 0 fully saturated rings. The molecule has 2 N–H and O–H groups in total. The van der Waals surface area contributed by atoms with Gasteiger partial charge < -0.3 is 5.73 Å². The molecular formula is C13H19N5. The van der Waals surface area contributed by atoms with E-state index in [1.807, 2.05) is 42.3 Å². The van der Waals surface area contributed by atoms with Crippen molar-refractivity contribution < 1.29 is 0 Å². The topological polar surface area (TPSA) is 60.0 Å². The molecule has 18 heavy (non-hydrogen) atoms. The highest BCUT2D eigenvalue weighted by molar-refractivity contribution is 5.11. The van der Waals surface area contributed by atoms with E-state index in [4.69, 9.17) is 5.73 Å². The number of hydrogen-bond acceptors (Lipinski definition) is 4.